The van der Waals surface area contributed by atoms with Gasteiger partial charge >= 0.3 is 37.9 Å². The topological polar surface area (TPSA) is 0 Å². The third-order valence-electron chi connectivity index (χ3n) is 12.3. The molecule has 0 N–H and O–H groups in total. The van der Waals surface area contributed by atoms with Crippen LogP contribution in [0.1, 0.15) is 117 Å². The van der Waals surface area contributed by atoms with Crippen LogP contribution >= 0.6 is 17.0 Å². The van der Waals surface area contributed by atoms with Crippen LogP contribution in [0.15, 0.2) is 0 Å². The van der Waals surface area contributed by atoms with Gasteiger partial charge in [0.1, 0.15) is 0 Å². The summed E-state index contributed by atoms with van der Waals surface area (Å²) in [4.78, 5) is 0. The summed E-state index contributed by atoms with van der Waals surface area (Å²) in [5, 5.41) is 0. The van der Waals surface area contributed by atoms with Crippen LogP contribution in [-0.4, -0.2) is 0 Å². The van der Waals surface area contributed by atoms with E-state index in [0.717, 1.165) is 59.2 Å². The van der Waals surface area contributed by atoms with Crippen LogP contribution in [0.25, 0.3) is 0 Å². The standard InChI is InChI=1S/C29H48.2CH3.2ClH.Zr/c1-29(2,21-11-5-6-12-21)28-24-17-15-19-9-3-7-13-22(19)26(24)27-23-14-8-4-10-20(23)16-18-25(27)28;;;;;/h19-28H,3-18H2,1-2H3;2*1H3;2*1H;/q;2*-1;;;+4/p-2. The Bertz CT molecular complexity index is 577. The zero-order valence-corrected chi connectivity index (χ0v) is 26.8. The van der Waals surface area contributed by atoms with Crippen LogP contribution in [0, 0.1) is 79.4 Å². The van der Waals surface area contributed by atoms with Crippen molar-refractivity contribution in [2.45, 2.75) is 117 Å². The summed E-state index contributed by atoms with van der Waals surface area (Å²) < 4.78 is 0. The van der Waals surface area contributed by atoms with Crippen LogP contribution in [-0.2, 0) is 20.8 Å². The molecule has 6 aliphatic carbocycles. The Hall–Kier alpha value is 1.46. The van der Waals surface area contributed by atoms with Crippen LogP contribution in [0.2, 0.25) is 0 Å². The first-order chi connectivity index (χ1) is 15.6. The van der Waals surface area contributed by atoms with Gasteiger partial charge in [-0.05, 0) is 116 Å². The zero-order valence-electron chi connectivity index (χ0n) is 22.8. The molecule has 6 saturated carbocycles. The number of halogens is 2. The van der Waals surface area contributed by atoms with Crippen molar-refractivity contribution in [1.82, 2.24) is 0 Å². The number of hydrogen-bond acceptors (Lipinski definition) is 0. The maximum atomic E-state index is 4.93. The quantitative estimate of drug-likeness (QED) is 0.282. The van der Waals surface area contributed by atoms with Gasteiger partial charge in [0, 0.05) is 0 Å². The monoisotopic (exact) mass is 586 g/mol. The Morgan fingerprint density at radius 2 is 0.912 bits per heavy atom. The first kappa shape index (κ1) is 30.0. The van der Waals surface area contributed by atoms with Gasteiger partial charge in [-0.1, -0.05) is 65.2 Å². The second kappa shape index (κ2) is 13.0. The van der Waals surface area contributed by atoms with Crippen molar-refractivity contribution in [3.63, 3.8) is 0 Å². The van der Waals surface area contributed by atoms with Crippen molar-refractivity contribution in [1.29, 1.82) is 0 Å². The molecule has 0 radical (unpaired) electrons. The van der Waals surface area contributed by atoms with Gasteiger partial charge in [-0.2, -0.15) is 0 Å². The first-order valence-corrected chi connectivity index (χ1v) is 20.9. The van der Waals surface area contributed by atoms with E-state index in [9.17, 15) is 0 Å². The summed E-state index contributed by atoms with van der Waals surface area (Å²) >= 11 is -0.826. The van der Waals surface area contributed by atoms with E-state index in [0.29, 0.717) is 5.41 Å². The van der Waals surface area contributed by atoms with Crippen LogP contribution in [0.4, 0.5) is 0 Å². The summed E-state index contributed by atoms with van der Waals surface area (Å²) in [6, 6.07) is 0. The van der Waals surface area contributed by atoms with Gasteiger partial charge in [0.25, 0.3) is 0 Å². The third-order valence-corrected chi connectivity index (χ3v) is 12.3. The molecule has 0 saturated heterocycles. The fourth-order valence-corrected chi connectivity index (χ4v) is 11.4. The van der Waals surface area contributed by atoms with Gasteiger partial charge in [-0.3, -0.25) is 0 Å². The van der Waals surface area contributed by atoms with E-state index in [-0.39, 0.29) is 14.9 Å². The van der Waals surface area contributed by atoms with Crippen LogP contribution in [0.5, 0.6) is 0 Å². The Balaban J connectivity index is 0.000000618. The molecule has 0 aromatic carbocycles. The molecule has 6 rings (SSSR count). The summed E-state index contributed by atoms with van der Waals surface area (Å²) in [5.74, 6) is 11.2. The molecule has 0 bridgehead atoms. The summed E-state index contributed by atoms with van der Waals surface area (Å²) in [5.41, 5.74) is 0.613. The van der Waals surface area contributed by atoms with Crippen molar-refractivity contribution in [2.24, 2.45) is 64.6 Å². The Kier molecular flexibility index (Phi) is 11.5. The van der Waals surface area contributed by atoms with Gasteiger partial charge in [0.15, 0.2) is 0 Å². The second-order valence-corrected chi connectivity index (χ2v) is 17.2. The van der Waals surface area contributed by atoms with Crippen LogP contribution in [0.3, 0.4) is 0 Å². The Morgan fingerprint density at radius 3 is 1.35 bits per heavy atom. The van der Waals surface area contributed by atoms with Gasteiger partial charge < -0.3 is 14.9 Å². The van der Waals surface area contributed by atoms with Crippen molar-refractivity contribution in [3.05, 3.63) is 14.9 Å². The predicted octanol–water partition coefficient (Wildman–Crippen LogP) is 10.8. The molecule has 0 aliphatic heterocycles. The van der Waals surface area contributed by atoms with E-state index in [2.05, 4.69) is 13.8 Å². The van der Waals surface area contributed by atoms with E-state index in [1.165, 1.54) is 12.8 Å². The molecule has 8 unspecified atom stereocenters. The maximum absolute atomic E-state index is 4.93. The number of rotatable bonds is 2. The van der Waals surface area contributed by atoms with Crippen molar-refractivity contribution < 1.29 is 20.8 Å². The third kappa shape index (κ3) is 5.45. The molecule has 8 atom stereocenters. The van der Waals surface area contributed by atoms with E-state index in [1.807, 2.05) is 0 Å². The van der Waals surface area contributed by atoms with E-state index in [4.69, 9.17) is 17.0 Å². The molecule has 6 fully saturated rings. The molecule has 6 aliphatic rings. The average molecular weight is 589 g/mol. The number of fused-ring (bicyclic) bond motifs is 7. The molecule has 0 aromatic rings. The SMILES string of the molecule is CC(C)(C1CCCC1)C1C2CCC3CCCCC3C2C2C3CCCCC3CCC21.[CH3-].[CH3-].[Cl][Zr+2][Cl]. The predicted molar refractivity (Wildman–Crippen MR) is 147 cm³/mol. The normalized spacial score (nSPS) is 43.4. The minimum absolute atomic E-state index is 0. The Morgan fingerprint density at radius 1 is 0.529 bits per heavy atom. The first-order valence-electron chi connectivity index (χ1n) is 14.5. The summed E-state index contributed by atoms with van der Waals surface area (Å²) in [6.07, 6.45) is 25.3. The molecule has 0 aromatic heterocycles. The van der Waals surface area contributed by atoms with Gasteiger partial charge in [0.2, 0.25) is 0 Å². The molecule has 0 amide bonds. The molecule has 3 heteroatoms. The van der Waals surface area contributed by atoms with Crippen LogP contribution < -0.4 is 0 Å². The summed E-state index contributed by atoms with van der Waals surface area (Å²) in [6.45, 7) is 5.54. The minimum atomic E-state index is -0.826. The van der Waals surface area contributed by atoms with Gasteiger partial charge in [-0.15, -0.1) is 0 Å². The number of hydrogen-bond donors (Lipinski definition) is 0. The summed E-state index contributed by atoms with van der Waals surface area (Å²) in [7, 11) is 9.87. The molecule has 0 heterocycles. The second-order valence-electron chi connectivity index (χ2n) is 13.5. The van der Waals surface area contributed by atoms with Crippen molar-refractivity contribution in [2.75, 3.05) is 0 Å². The zero-order chi connectivity index (χ0) is 22.3. The fraction of sp³-hybridized carbons (Fsp3) is 0.935. The average Bonchev–Trinajstić information content (AvgIpc) is 3.47. The molecular weight excluding hydrogens is 534 g/mol. The van der Waals surface area contributed by atoms with Crippen molar-refractivity contribution in [3.8, 4) is 0 Å². The van der Waals surface area contributed by atoms with Gasteiger partial charge in [-0.25, -0.2) is 0 Å². The van der Waals surface area contributed by atoms with E-state index in [1.54, 1.807) is 89.9 Å². The molecule has 34 heavy (non-hydrogen) atoms. The molecule has 0 spiro atoms. The van der Waals surface area contributed by atoms with Crippen molar-refractivity contribution >= 4 is 17.0 Å². The Labute approximate surface area is 232 Å². The molecule has 196 valence electrons. The van der Waals surface area contributed by atoms with Gasteiger partial charge in [0.05, 0.1) is 0 Å². The molecular formula is C31H54Cl2Zr. The molecule has 0 nitrogen and oxygen atoms in total. The van der Waals surface area contributed by atoms with E-state index < -0.39 is 20.8 Å². The fourth-order valence-electron chi connectivity index (χ4n) is 11.4. The van der Waals surface area contributed by atoms with E-state index >= 15 is 0 Å².